The molecule has 0 spiro atoms. The van der Waals surface area contributed by atoms with E-state index in [-0.39, 0.29) is 10.8 Å². The Bertz CT molecular complexity index is 4750. The lowest BCUT2D eigenvalue weighted by atomic mass is 9.84. The van der Waals surface area contributed by atoms with Crippen LogP contribution >= 0.6 is 0 Å². The number of hydrogen-bond acceptors (Lipinski definition) is 6. The van der Waals surface area contributed by atoms with Crippen molar-refractivity contribution in [2.45, 2.75) is 91.9 Å². The molecule has 15 rings (SSSR count). The van der Waals surface area contributed by atoms with Gasteiger partial charge in [-0.2, -0.15) is 0 Å². The largest absolute Gasteiger partial charge is 0.456 e. The summed E-state index contributed by atoms with van der Waals surface area (Å²) in [5.41, 5.74) is 17.7. The molecule has 0 atom stereocenters. The van der Waals surface area contributed by atoms with Crippen LogP contribution in [0, 0.1) is 0 Å². The van der Waals surface area contributed by atoms with Crippen LogP contribution < -0.4 is 9.80 Å². The first-order chi connectivity index (χ1) is 39.5. The lowest BCUT2D eigenvalue weighted by Gasteiger charge is -2.32. The van der Waals surface area contributed by atoms with Gasteiger partial charge in [-0.3, -0.25) is 0 Å². The topological polar surface area (TPSA) is 59.0 Å². The predicted molar refractivity (Wildman–Crippen MR) is 346 cm³/mol. The van der Waals surface area contributed by atoms with Crippen molar-refractivity contribution in [1.82, 2.24) is 0 Å². The number of anilines is 6. The standard InChI is InChI=1S/C76H64N2O4/c1-43(2)45-19-25-51(26-20-45)77(71-63(75(5,6)7)33-31-57-55-15-11-13-17-65(55)81-73(57)71)53-29-23-47-37-59-61-41-70-62(42-69(61)79-67(59)39-49(47)35-53)60-38-48-24-30-54(36-50(48)40-68(60)80-70)78(52-27-21-46(22-28-52)44(3)4)72-64(76(8,9)10)34-32-58-56-16-12-14-18-66(56)82-74(58)72/h11-44H,1-10H3. The Morgan fingerprint density at radius 3 is 1.05 bits per heavy atom. The first-order valence-electron chi connectivity index (χ1n) is 28.9. The quantitative estimate of drug-likeness (QED) is 0.151. The Morgan fingerprint density at radius 2 is 0.659 bits per heavy atom. The van der Waals surface area contributed by atoms with E-state index in [1.807, 2.05) is 12.1 Å². The zero-order valence-electron chi connectivity index (χ0n) is 48.2. The second-order valence-electron chi connectivity index (χ2n) is 25.3. The molecule has 0 N–H and O–H groups in total. The number of furan rings is 4. The van der Waals surface area contributed by atoms with Gasteiger partial charge in [0.25, 0.3) is 0 Å². The van der Waals surface area contributed by atoms with Crippen molar-refractivity contribution in [2.24, 2.45) is 0 Å². The van der Waals surface area contributed by atoms with Crippen molar-refractivity contribution in [3.05, 3.63) is 216 Å². The Balaban J connectivity index is 0.855. The summed E-state index contributed by atoms with van der Waals surface area (Å²) in [5, 5.41) is 13.0. The van der Waals surface area contributed by atoms with Crippen LogP contribution in [0.3, 0.4) is 0 Å². The number of nitrogens with zero attached hydrogens (tertiary/aromatic N) is 2. The monoisotopic (exact) mass is 1070 g/mol. The van der Waals surface area contributed by atoms with Gasteiger partial charge in [0.1, 0.15) is 33.5 Å². The van der Waals surface area contributed by atoms with Gasteiger partial charge in [-0.15, -0.1) is 0 Å². The first-order valence-corrected chi connectivity index (χ1v) is 28.9. The highest BCUT2D eigenvalue weighted by atomic mass is 16.3. The van der Waals surface area contributed by atoms with Crippen LogP contribution in [-0.4, -0.2) is 0 Å². The minimum Gasteiger partial charge on any atom is -0.456 e. The fourth-order valence-corrected chi connectivity index (χ4v) is 12.8. The van der Waals surface area contributed by atoms with Gasteiger partial charge >= 0.3 is 0 Å². The minimum atomic E-state index is -0.191. The number of hydrogen-bond donors (Lipinski definition) is 0. The Hall–Kier alpha value is -9.26. The average Bonchev–Trinajstić information content (AvgIpc) is 3.75. The van der Waals surface area contributed by atoms with Gasteiger partial charge in [0.15, 0.2) is 11.2 Å². The highest BCUT2D eigenvalue weighted by Crippen LogP contribution is 2.51. The average molecular weight is 1070 g/mol. The number of para-hydroxylation sites is 2. The number of benzene rings is 11. The molecule has 6 heteroatoms. The van der Waals surface area contributed by atoms with E-state index < -0.39 is 0 Å². The molecule has 0 aliphatic carbocycles. The van der Waals surface area contributed by atoms with Crippen molar-refractivity contribution in [3.8, 4) is 0 Å². The van der Waals surface area contributed by atoms with Gasteiger partial charge in [-0.1, -0.05) is 166 Å². The van der Waals surface area contributed by atoms with Crippen molar-refractivity contribution in [3.63, 3.8) is 0 Å². The van der Waals surface area contributed by atoms with Crippen molar-refractivity contribution < 1.29 is 17.7 Å². The van der Waals surface area contributed by atoms with Crippen LogP contribution in [0.2, 0.25) is 0 Å². The van der Waals surface area contributed by atoms with Gasteiger partial charge in [0, 0.05) is 65.8 Å². The third-order valence-corrected chi connectivity index (χ3v) is 17.2. The van der Waals surface area contributed by atoms with Crippen LogP contribution in [0.25, 0.3) is 109 Å². The molecule has 11 aromatic carbocycles. The Kier molecular flexibility index (Phi) is 11.0. The SMILES string of the molecule is CC(C)c1ccc(N(c2ccc3cc4c(cc3c2)oc2cc3c(cc24)oc2cc4cc(N(c5ccc(C(C)C)cc5)c5c(C(C)(C)C)ccc6c5oc5ccccc56)ccc4cc23)c2c(C(C)(C)C)ccc3c2oc2ccccc23)cc1. The summed E-state index contributed by atoms with van der Waals surface area (Å²) in [4.78, 5) is 4.79. The molecule has 0 unspecified atom stereocenters. The zero-order chi connectivity index (χ0) is 56.1. The Morgan fingerprint density at radius 1 is 0.293 bits per heavy atom. The third-order valence-electron chi connectivity index (χ3n) is 17.2. The fourth-order valence-electron chi connectivity index (χ4n) is 12.8. The lowest BCUT2D eigenvalue weighted by Crippen LogP contribution is -2.19. The van der Waals surface area contributed by atoms with Gasteiger partial charge in [-0.05, 0) is 164 Å². The van der Waals surface area contributed by atoms with Gasteiger partial charge < -0.3 is 27.5 Å². The highest BCUT2D eigenvalue weighted by Gasteiger charge is 2.31. The molecule has 0 saturated carbocycles. The summed E-state index contributed by atoms with van der Waals surface area (Å²) < 4.78 is 27.5. The van der Waals surface area contributed by atoms with Crippen LogP contribution in [0.15, 0.2) is 212 Å². The maximum atomic E-state index is 6.88. The molecule has 4 heterocycles. The van der Waals surface area contributed by atoms with E-state index in [9.17, 15) is 0 Å². The number of fused-ring (bicyclic) bond motifs is 14. The van der Waals surface area contributed by atoms with Crippen LogP contribution in [0.1, 0.15) is 103 Å². The molecule has 4 aromatic heterocycles. The highest BCUT2D eigenvalue weighted by molar-refractivity contribution is 6.19. The summed E-state index contributed by atoms with van der Waals surface area (Å²) >= 11 is 0. The predicted octanol–water partition coefficient (Wildman–Crippen LogP) is 23.4. The summed E-state index contributed by atoms with van der Waals surface area (Å²) in [6.45, 7) is 22.7. The summed E-state index contributed by atoms with van der Waals surface area (Å²) in [6, 6.07) is 70.7. The second-order valence-corrected chi connectivity index (χ2v) is 25.3. The molecule has 0 saturated heterocycles. The fraction of sp³-hybridized carbons (Fsp3) is 0.184. The lowest BCUT2D eigenvalue weighted by molar-refractivity contribution is 0.588. The zero-order valence-corrected chi connectivity index (χ0v) is 48.2. The molecule has 0 amide bonds. The maximum absolute atomic E-state index is 6.88. The van der Waals surface area contributed by atoms with Gasteiger partial charge in [0.2, 0.25) is 0 Å². The summed E-state index contributed by atoms with van der Waals surface area (Å²) in [5.74, 6) is 0.816. The molecule has 0 aliphatic rings. The van der Waals surface area contributed by atoms with E-state index in [0.717, 1.165) is 143 Å². The molecule has 0 bridgehead atoms. The molecule has 0 fully saturated rings. The van der Waals surface area contributed by atoms with Crippen molar-refractivity contribution in [2.75, 3.05) is 9.80 Å². The van der Waals surface area contributed by atoms with E-state index in [1.54, 1.807) is 0 Å². The minimum absolute atomic E-state index is 0.191. The van der Waals surface area contributed by atoms with E-state index in [4.69, 9.17) is 17.7 Å². The molecular formula is C76H64N2O4. The summed E-state index contributed by atoms with van der Waals surface area (Å²) in [6.07, 6.45) is 0. The second kappa shape index (κ2) is 18.1. The van der Waals surface area contributed by atoms with E-state index in [0.29, 0.717) is 11.8 Å². The molecular weight excluding hydrogens is 1000 g/mol. The number of rotatable bonds is 8. The van der Waals surface area contributed by atoms with Crippen molar-refractivity contribution in [1.29, 1.82) is 0 Å². The normalized spacial score (nSPS) is 12.7. The third kappa shape index (κ3) is 7.90. The molecule has 402 valence electrons. The van der Waals surface area contributed by atoms with Gasteiger partial charge in [-0.25, -0.2) is 0 Å². The molecule has 0 radical (unpaired) electrons. The van der Waals surface area contributed by atoms with Gasteiger partial charge in [0.05, 0.1) is 11.4 Å². The Labute approximate surface area is 476 Å². The van der Waals surface area contributed by atoms with Crippen LogP contribution in [0.4, 0.5) is 34.1 Å². The maximum Gasteiger partial charge on any atom is 0.159 e. The van der Waals surface area contributed by atoms with Crippen molar-refractivity contribution >= 4 is 143 Å². The summed E-state index contributed by atoms with van der Waals surface area (Å²) in [7, 11) is 0. The van der Waals surface area contributed by atoms with Crippen LogP contribution in [-0.2, 0) is 10.8 Å². The molecule has 82 heavy (non-hydrogen) atoms. The molecule has 0 aliphatic heterocycles. The first kappa shape index (κ1) is 49.8. The molecule has 6 nitrogen and oxygen atoms in total. The van der Waals surface area contributed by atoms with E-state index >= 15 is 0 Å². The van der Waals surface area contributed by atoms with E-state index in [1.165, 1.54) is 22.3 Å². The molecule has 15 aromatic rings. The van der Waals surface area contributed by atoms with E-state index in [2.05, 4.69) is 261 Å². The van der Waals surface area contributed by atoms with Crippen LogP contribution in [0.5, 0.6) is 0 Å². The smallest absolute Gasteiger partial charge is 0.159 e.